The van der Waals surface area contributed by atoms with Crippen molar-refractivity contribution >= 4 is 5.91 Å². The van der Waals surface area contributed by atoms with Gasteiger partial charge in [-0.05, 0) is 26.0 Å². The monoisotopic (exact) mass is 346 g/mol. The van der Waals surface area contributed by atoms with Crippen LogP contribution in [-0.4, -0.2) is 44.8 Å². The van der Waals surface area contributed by atoms with Crippen LogP contribution >= 0.6 is 0 Å². The predicted octanol–water partition coefficient (Wildman–Crippen LogP) is 1.65. The minimum Gasteiger partial charge on any atom is -0.472 e. The predicted molar refractivity (Wildman–Crippen MR) is 88.0 cm³/mol. The van der Waals surface area contributed by atoms with Crippen molar-refractivity contribution in [3.63, 3.8) is 0 Å². The third kappa shape index (κ3) is 3.84. The second-order valence-electron chi connectivity index (χ2n) is 6.17. The summed E-state index contributed by atoms with van der Waals surface area (Å²) in [5.74, 6) is -0.665. The van der Waals surface area contributed by atoms with Gasteiger partial charge in [0, 0.05) is 25.1 Å². The Hall–Kier alpha value is -2.77. The number of likely N-dealkylation sites (tertiary alicyclic amines) is 1. The Kier molecular flexibility index (Phi) is 4.78. The average molecular weight is 346 g/mol. The minimum atomic E-state index is -0.608. The first-order chi connectivity index (χ1) is 11.9. The summed E-state index contributed by atoms with van der Waals surface area (Å²) < 4.78 is 20.0. The number of aromatic nitrogens is 3. The summed E-state index contributed by atoms with van der Waals surface area (Å²) in [5, 5.41) is 4.15. The van der Waals surface area contributed by atoms with E-state index in [0.29, 0.717) is 19.5 Å². The standard InChI is InChI=1S/C17H19FN4O3/c1-11(2)22-16(23)7-6-13(20-22)17(24)21-9-8-12(10-21)25-15-5-3-4-14(18)19-15/h3-7,11-12H,8-10H2,1-2H3. The van der Waals surface area contributed by atoms with Crippen molar-refractivity contribution < 1.29 is 13.9 Å². The van der Waals surface area contributed by atoms with Crippen molar-refractivity contribution in [3.05, 3.63) is 52.3 Å². The van der Waals surface area contributed by atoms with Crippen molar-refractivity contribution in [2.24, 2.45) is 0 Å². The Bertz CT molecular complexity index is 837. The molecule has 0 spiro atoms. The highest BCUT2D eigenvalue weighted by atomic mass is 19.1. The number of amides is 1. The van der Waals surface area contributed by atoms with Crippen molar-refractivity contribution in [2.45, 2.75) is 32.4 Å². The molecule has 25 heavy (non-hydrogen) atoms. The largest absolute Gasteiger partial charge is 0.472 e. The zero-order valence-electron chi connectivity index (χ0n) is 14.1. The molecule has 0 N–H and O–H groups in total. The van der Waals surface area contributed by atoms with E-state index in [9.17, 15) is 14.0 Å². The topological polar surface area (TPSA) is 77.3 Å². The van der Waals surface area contributed by atoms with E-state index in [1.165, 1.54) is 28.9 Å². The number of hydrogen-bond donors (Lipinski definition) is 0. The maximum Gasteiger partial charge on any atom is 0.274 e. The Morgan fingerprint density at radius 2 is 2.12 bits per heavy atom. The summed E-state index contributed by atoms with van der Waals surface area (Å²) in [6.07, 6.45) is 0.363. The van der Waals surface area contributed by atoms with Crippen molar-refractivity contribution in [3.8, 4) is 5.88 Å². The zero-order chi connectivity index (χ0) is 18.0. The molecule has 0 aliphatic carbocycles. The smallest absolute Gasteiger partial charge is 0.274 e. The number of carbonyl (C=O) groups is 1. The number of hydrogen-bond acceptors (Lipinski definition) is 5. The molecule has 0 aromatic carbocycles. The van der Waals surface area contributed by atoms with E-state index in [2.05, 4.69) is 10.1 Å². The molecule has 0 bridgehead atoms. The van der Waals surface area contributed by atoms with Gasteiger partial charge in [-0.15, -0.1) is 0 Å². The summed E-state index contributed by atoms with van der Waals surface area (Å²) in [7, 11) is 0. The molecule has 2 aromatic rings. The highest BCUT2D eigenvalue weighted by Gasteiger charge is 2.29. The second kappa shape index (κ2) is 7.00. The van der Waals surface area contributed by atoms with E-state index in [1.807, 2.05) is 13.8 Å². The van der Waals surface area contributed by atoms with Crippen LogP contribution in [0.4, 0.5) is 4.39 Å². The van der Waals surface area contributed by atoms with E-state index < -0.39 is 5.95 Å². The van der Waals surface area contributed by atoms with E-state index in [1.54, 1.807) is 11.0 Å². The highest BCUT2D eigenvalue weighted by Crippen LogP contribution is 2.18. The highest BCUT2D eigenvalue weighted by molar-refractivity contribution is 5.92. The molecule has 0 radical (unpaired) electrons. The summed E-state index contributed by atoms with van der Waals surface area (Å²) in [6, 6.07) is 7.00. The van der Waals surface area contributed by atoms with Crippen LogP contribution in [0.15, 0.2) is 35.1 Å². The van der Waals surface area contributed by atoms with Crippen LogP contribution in [0.25, 0.3) is 0 Å². The fourth-order valence-corrected chi connectivity index (χ4v) is 2.71. The molecule has 1 saturated heterocycles. The van der Waals surface area contributed by atoms with Crippen molar-refractivity contribution in [1.82, 2.24) is 19.7 Å². The van der Waals surface area contributed by atoms with E-state index in [4.69, 9.17) is 4.74 Å². The molecule has 3 heterocycles. The van der Waals surface area contributed by atoms with Crippen LogP contribution < -0.4 is 10.3 Å². The number of pyridine rings is 1. The SMILES string of the molecule is CC(C)n1nc(C(=O)N2CCC(Oc3cccc(F)n3)C2)ccc1=O. The van der Waals surface area contributed by atoms with Crippen LogP contribution in [0, 0.1) is 5.95 Å². The Balaban J connectivity index is 1.68. The molecular weight excluding hydrogens is 327 g/mol. The summed E-state index contributed by atoms with van der Waals surface area (Å²) in [6.45, 7) is 4.52. The normalized spacial score (nSPS) is 17.1. The Morgan fingerprint density at radius 3 is 2.84 bits per heavy atom. The molecule has 1 aliphatic rings. The van der Waals surface area contributed by atoms with Gasteiger partial charge in [-0.25, -0.2) is 4.68 Å². The second-order valence-corrected chi connectivity index (χ2v) is 6.17. The molecule has 3 rings (SSSR count). The van der Waals surface area contributed by atoms with Crippen LogP contribution in [-0.2, 0) is 0 Å². The van der Waals surface area contributed by atoms with Gasteiger partial charge in [-0.1, -0.05) is 6.07 Å². The summed E-state index contributed by atoms with van der Waals surface area (Å²) in [5.41, 5.74) is -0.0239. The van der Waals surface area contributed by atoms with Gasteiger partial charge in [0.05, 0.1) is 12.6 Å². The van der Waals surface area contributed by atoms with Gasteiger partial charge in [-0.2, -0.15) is 14.5 Å². The quantitative estimate of drug-likeness (QED) is 0.787. The number of ether oxygens (including phenoxy) is 1. The van der Waals surface area contributed by atoms with Crippen molar-refractivity contribution in [1.29, 1.82) is 0 Å². The van der Waals surface area contributed by atoms with Gasteiger partial charge in [0.25, 0.3) is 11.5 Å². The third-order valence-electron chi connectivity index (χ3n) is 3.94. The average Bonchev–Trinajstić information content (AvgIpc) is 3.03. The number of halogens is 1. The summed E-state index contributed by atoms with van der Waals surface area (Å²) in [4.78, 5) is 29.6. The third-order valence-corrected chi connectivity index (χ3v) is 3.94. The number of rotatable bonds is 4. The molecule has 132 valence electrons. The molecule has 1 atom stereocenters. The van der Waals surface area contributed by atoms with Gasteiger partial charge in [0.2, 0.25) is 11.8 Å². The molecule has 1 unspecified atom stereocenters. The minimum absolute atomic E-state index is 0.131. The first-order valence-electron chi connectivity index (χ1n) is 8.12. The van der Waals surface area contributed by atoms with Crippen LogP contribution in [0.2, 0.25) is 0 Å². The Labute approximate surface area is 144 Å². The molecular formula is C17H19FN4O3. The molecule has 1 amide bonds. The van der Waals surface area contributed by atoms with E-state index >= 15 is 0 Å². The van der Waals surface area contributed by atoms with Gasteiger partial charge >= 0.3 is 0 Å². The van der Waals surface area contributed by atoms with Crippen LogP contribution in [0.5, 0.6) is 5.88 Å². The van der Waals surface area contributed by atoms with E-state index in [-0.39, 0.29) is 35.2 Å². The van der Waals surface area contributed by atoms with Gasteiger partial charge < -0.3 is 9.64 Å². The maximum atomic E-state index is 13.1. The lowest BCUT2D eigenvalue weighted by Gasteiger charge is -2.17. The molecule has 2 aromatic heterocycles. The molecule has 1 aliphatic heterocycles. The fourth-order valence-electron chi connectivity index (χ4n) is 2.71. The lowest BCUT2D eigenvalue weighted by molar-refractivity contribution is 0.0762. The zero-order valence-corrected chi connectivity index (χ0v) is 14.1. The van der Waals surface area contributed by atoms with Gasteiger partial charge in [0.1, 0.15) is 11.8 Å². The number of nitrogens with zero attached hydrogens (tertiary/aromatic N) is 4. The molecule has 0 saturated carbocycles. The lowest BCUT2D eigenvalue weighted by Crippen LogP contribution is -2.34. The van der Waals surface area contributed by atoms with E-state index in [0.717, 1.165) is 0 Å². The molecule has 8 heteroatoms. The van der Waals surface area contributed by atoms with Crippen molar-refractivity contribution in [2.75, 3.05) is 13.1 Å². The number of carbonyl (C=O) groups excluding carboxylic acids is 1. The first kappa shape index (κ1) is 17.1. The lowest BCUT2D eigenvalue weighted by atomic mass is 10.3. The molecule has 1 fully saturated rings. The van der Waals surface area contributed by atoms with Gasteiger partial charge in [-0.3, -0.25) is 9.59 Å². The molecule has 7 nitrogen and oxygen atoms in total. The van der Waals surface area contributed by atoms with Crippen LogP contribution in [0.1, 0.15) is 36.8 Å². The maximum absolute atomic E-state index is 13.1. The van der Waals surface area contributed by atoms with Gasteiger partial charge in [0.15, 0.2) is 0 Å². The van der Waals surface area contributed by atoms with Crippen LogP contribution in [0.3, 0.4) is 0 Å². The Morgan fingerprint density at radius 1 is 1.32 bits per heavy atom. The first-order valence-corrected chi connectivity index (χ1v) is 8.12. The fraction of sp³-hybridized carbons (Fsp3) is 0.412. The summed E-state index contributed by atoms with van der Waals surface area (Å²) >= 11 is 0.